The first kappa shape index (κ1) is 15.8. The maximum atomic E-state index is 11.3. The SMILES string of the molecule is CC(=O)Nc1nc(-c2ccccc2)c(-c2ccc([N+](=O)[O-])cc2)s1. The lowest BCUT2D eigenvalue weighted by atomic mass is 10.1. The lowest BCUT2D eigenvalue weighted by Gasteiger charge is -2.02. The zero-order valence-electron chi connectivity index (χ0n) is 12.7. The maximum Gasteiger partial charge on any atom is 0.269 e. The minimum atomic E-state index is -0.433. The molecule has 6 nitrogen and oxygen atoms in total. The summed E-state index contributed by atoms with van der Waals surface area (Å²) in [5, 5.41) is 14.0. The van der Waals surface area contributed by atoms with Gasteiger partial charge in [-0.1, -0.05) is 41.7 Å². The Balaban J connectivity index is 2.09. The van der Waals surface area contributed by atoms with Crippen molar-refractivity contribution in [1.29, 1.82) is 0 Å². The third-order valence-electron chi connectivity index (χ3n) is 3.30. The van der Waals surface area contributed by atoms with Crippen molar-refractivity contribution in [1.82, 2.24) is 4.98 Å². The molecule has 0 aliphatic carbocycles. The summed E-state index contributed by atoms with van der Waals surface area (Å²) in [5.41, 5.74) is 2.50. The van der Waals surface area contributed by atoms with Crippen molar-refractivity contribution in [3.63, 3.8) is 0 Å². The van der Waals surface area contributed by atoms with Crippen LogP contribution in [0.3, 0.4) is 0 Å². The van der Waals surface area contributed by atoms with E-state index in [1.165, 1.54) is 30.4 Å². The van der Waals surface area contributed by atoms with Crippen molar-refractivity contribution in [2.75, 3.05) is 5.32 Å². The van der Waals surface area contributed by atoms with Crippen LogP contribution in [0.25, 0.3) is 21.7 Å². The first-order chi connectivity index (χ1) is 11.5. The molecule has 1 amide bonds. The van der Waals surface area contributed by atoms with Crippen LogP contribution in [-0.4, -0.2) is 15.8 Å². The molecular weight excluding hydrogens is 326 g/mol. The Labute approximate surface area is 141 Å². The Hall–Kier alpha value is -3.06. The lowest BCUT2D eigenvalue weighted by molar-refractivity contribution is -0.384. The molecule has 0 fully saturated rings. The van der Waals surface area contributed by atoms with Gasteiger partial charge in [0, 0.05) is 24.6 Å². The summed E-state index contributed by atoms with van der Waals surface area (Å²) >= 11 is 1.34. The third-order valence-corrected chi connectivity index (χ3v) is 4.32. The van der Waals surface area contributed by atoms with E-state index in [1.807, 2.05) is 30.3 Å². The predicted molar refractivity (Wildman–Crippen MR) is 93.9 cm³/mol. The van der Waals surface area contributed by atoms with E-state index in [-0.39, 0.29) is 11.6 Å². The Morgan fingerprint density at radius 2 is 1.75 bits per heavy atom. The molecule has 3 aromatic rings. The largest absolute Gasteiger partial charge is 0.302 e. The molecule has 3 rings (SSSR count). The minimum absolute atomic E-state index is 0.0339. The number of benzene rings is 2. The van der Waals surface area contributed by atoms with E-state index in [0.717, 1.165) is 21.7 Å². The van der Waals surface area contributed by atoms with E-state index in [4.69, 9.17) is 0 Å². The second-order valence-corrected chi connectivity index (χ2v) is 6.05. The zero-order chi connectivity index (χ0) is 17.1. The van der Waals surface area contributed by atoms with Crippen LogP contribution in [0.5, 0.6) is 0 Å². The number of non-ortho nitro benzene ring substituents is 1. The van der Waals surface area contributed by atoms with Gasteiger partial charge in [-0.3, -0.25) is 14.9 Å². The highest BCUT2D eigenvalue weighted by Crippen LogP contribution is 2.39. The number of carbonyl (C=O) groups excluding carboxylic acids is 1. The summed E-state index contributed by atoms with van der Waals surface area (Å²) < 4.78 is 0. The van der Waals surface area contributed by atoms with E-state index >= 15 is 0 Å². The number of nitrogens with zero attached hydrogens (tertiary/aromatic N) is 2. The Bertz CT molecular complexity index is 889. The summed E-state index contributed by atoms with van der Waals surface area (Å²) in [6.45, 7) is 1.43. The molecule has 1 N–H and O–H groups in total. The van der Waals surface area contributed by atoms with Crippen LogP contribution >= 0.6 is 11.3 Å². The van der Waals surface area contributed by atoms with Crippen LogP contribution in [0, 0.1) is 10.1 Å². The number of rotatable bonds is 4. The van der Waals surface area contributed by atoms with Gasteiger partial charge in [-0.25, -0.2) is 4.98 Å². The molecule has 0 aliphatic rings. The van der Waals surface area contributed by atoms with Gasteiger partial charge in [-0.05, 0) is 17.7 Å². The fourth-order valence-corrected chi connectivity index (χ4v) is 3.29. The third kappa shape index (κ3) is 3.31. The maximum absolute atomic E-state index is 11.3. The second kappa shape index (κ2) is 6.59. The number of nitro groups is 1. The zero-order valence-corrected chi connectivity index (χ0v) is 13.5. The first-order valence-electron chi connectivity index (χ1n) is 7.13. The average molecular weight is 339 g/mol. The van der Waals surface area contributed by atoms with Gasteiger partial charge in [0.1, 0.15) is 0 Å². The number of anilines is 1. The summed E-state index contributed by atoms with van der Waals surface area (Å²) in [6.07, 6.45) is 0. The molecule has 0 spiro atoms. The summed E-state index contributed by atoms with van der Waals surface area (Å²) in [7, 11) is 0. The average Bonchev–Trinajstić information content (AvgIpc) is 2.99. The van der Waals surface area contributed by atoms with Crippen molar-refractivity contribution in [2.45, 2.75) is 6.92 Å². The van der Waals surface area contributed by atoms with Gasteiger partial charge < -0.3 is 5.32 Å². The number of hydrogen-bond donors (Lipinski definition) is 1. The van der Waals surface area contributed by atoms with Gasteiger partial charge in [0.2, 0.25) is 5.91 Å². The van der Waals surface area contributed by atoms with Gasteiger partial charge in [0.15, 0.2) is 5.13 Å². The molecule has 0 atom stereocenters. The van der Waals surface area contributed by atoms with E-state index in [2.05, 4.69) is 10.3 Å². The van der Waals surface area contributed by atoms with Gasteiger partial charge in [-0.15, -0.1) is 0 Å². The molecule has 0 unspecified atom stereocenters. The fourth-order valence-electron chi connectivity index (χ4n) is 2.25. The molecule has 0 saturated carbocycles. The van der Waals surface area contributed by atoms with Crippen molar-refractivity contribution in [2.24, 2.45) is 0 Å². The highest BCUT2D eigenvalue weighted by molar-refractivity contribution is 7.19. The summed E-state index contributed by atoms with van der Waals surface area (Å²) in [6, 6.07) is 15.9. The van der Waals surface area contributed by atoms with Crippen molar-refractivity contribution in [3.05, 3.63) is 64.7 Å². The smallest absolute Gasteiger partial charge is 0.269 e. The van der Waals surface area contributed by atoms with Crippen LogP contribution < -0.4 is 5.32 Å². The lowest BCUT2D eigenvalue weighted by Crippen LogP contribution is -2.04. The number of thiazole rings is 1. The van der Waals surface area contributed by atoms with E-state index in [9.17, 15) is 14.9 Å². The predicted octanol–water partition coefficient (Wildman–Crippen LogP) is 4.34. The molecule has 0 aliphatic heterocycles. The normalized spacial score (nSPS) is 10.4. The second-order valence-electron chi connectivity index (χ2n) is 5.05. The van der Waals surface area contributed by atoms with E-state index in [1.54, 1.807) is 12.1 Å². The number of amides is 1. The number of aromatic nitrogens is 1. The highest BCUT2D eigenvalue weighted by atomic mass is 32.1. The minimum Gasteiger partial charge on any atom is -0.302 e. The van der Waals surface area contributed by atoms with Gasteiger partial charge in [0.05, 0.1) is 15.5 Å². The monoisotopic (exact) mass is 339 g/mol. The highest BCUT2D eigenvalue weighted by Gasteiger charge is 2.16. The van der Waals surface area contributed by atoms with Crippen LogP contribution in [-0.2, 0) is 4.79 Å². The molecular formula is C17H13N3O3S. The summed E-state index contributed by atoms with van der Waals surface area (Å²) in [4.78, 5) is 27.0. The number of carbonyl (C=O) groups is 1. The molecule has 1 aromatic heterocycles. The Morgan fingerprint density at radius 3 is 2.33 bits per heavy atom. The van der Waals surface area contributed by atoms with Crippen molar-refractivity contribution < 1.29 is 9.72 Å². The molecule has 0 saturated heterocycles. The number of hydrogen-bond acceptors (Lipinski definition) is 5. The molecule has 24 heavy (non-hydrogen) atoms. The molecule has 2 aromatic carbocycles. The van der Waals surface area contributed by atoms with E-state index < -0.39 is 4.92 Å². The molecule has 1 heterocycles. The van der Waals surface area contributed by atoms with E-state index in [0.29, 0.717) is 5.13 Å². The molecule has 7 heteroatoms. The summed E-state index contributed by atoms with van der Waals surface area (Å²) in [5.74, 6) is -0.196. The van der Waals surface area contributed by atoms with Crippen molar-refractivity contribution >= 4 is 28.1 Å². The standard InChI is InChI=1S/C17H13N3O3S/c1-11(21)18-17-19-15(12-5-3-2-4-6-12)16(24-17)13-7-9-14(10-8-13)20(22)23/h2-10H,1H3,(H,18,19,21). The molecule has 120 valence electrons. The fraction of sp³-hybridized carbons (Fsp3) is 0.0588. The molecule has 0 bridgehead atoms. The van der Waals surface area contributed by atoms with Crippen molar-refractivity contribution in [3.8, 4) is 21.7 Å². The number of nitro benzene ring substituents is 1. The van der Waals surface area contributed by atoms with Crippen LogP contribution in [0.4, 0.5) is 10.8 Å². The Kier molecular flexibility index (Phi) is 4.35. The Morgan fingerprint density at radius 1 is 1.08 bits per heavy atom. The van der Waals surface area contributed by atoms with Crippen LogP contribution in [0.2, 0.25) is 0 Å². The van der Waals surface area contributed by atoms with Crippen LogP contribution in [0.15, 0.2) is 54.6 Å². The topological polar surface area (TPSA) is 85.1 Å². The number of nitrogens with one attached hydrogen (secondary N) is 1. The quantitative estimate of drug-likeness (QED) is 0.566. The van der Waals surface area contributed by atoms with Gasteiger partial charge >= 0.3 is 0 Å². The van der Waals surface area contributed by atoms with Gasteiger partial charge in [0.25, 0.3) is 5.69 Å². The first-order valence-corrected chi connectivity index (χ1v) is 7.95. The molecule has 0 radical (unpaired) electrons. The van der Waals surface area contributed by atoms with Gasteiger partial charge in [-0.2, -0.15) is 0 Å². The van der Waals surface area contributed by atoms with Crippen LogP contribution in [0.1, 0.15) is 6.92 Å².